The number of aromatic nitrogens is 2. The van der Waals surface area contributed by atoms with Crippen LogP contribution in [0, 0.1) is 17.2 Å². The summed E-state index contributed by atoms with van der Waals surface area (Å²) >= 11 is 0. The SMILES string of the molecule is CC(=O)N1c2ccc(-c3cnn(CCC#N)c3)cc2N(C(=O)C2CC2)CC1C. The number of rotatable bonds is 4. The summed E-state index contributed by atoms with van der Waals surface area (Å²) in [5.74, 6) is 0.240. The Morgan fingerprint density at radius 1 is 1.25 bits per heavy atom. The summed E-state index contributed by atoms with van der Waals surface area (Å²) in [6.45, 7) is 4.59. The van der Waals surface area contributed by atoms with Crippen molar-refractivity contribution in [1.29, 1.82) is 5.26 Å². The highest BCUT2D eigenvalue weighted by Gasteiger charge is 2.39. The Kier molecular flexibility index (Phi) is 4.63. The lowest BCUT2D eigenvalue weighted by Crippen LogP contribution is -2.51. The molecular weight excluding hydrogens is 354 g/mol. The lowest BCUT2D eigenvalue weighted by Gasteiger charge is -2.41. The van der Waals surface area contributed by atoms with E-state index < -0.39 is 0 Å². The number of carbonyl (C=O) groups is 2. The molecule has 0 spiro atoms. The molecule has 7 heteroatoms. The van der Waals surface area contributed by atoms with Gasteiger partial charge in [0.2, 0.25) is 11.8 Å². The zero-order valence-electron chi connectivity index (χ0n) is 16.1. The lowest BCUT2D eigenvalue weighted by atomic mass is 10.0. The molecule has 1 atom stereocenters. The molecule has 7 nitrogen and oxygen atoms in total. The van der Waals surface area contributed by atoms with Crippen LogP contribution < -0.4 is 9.80 Å². The first-order valence-electron chi connectivity index (χ1n) is 9.64. The number of benzene rings is 1. The number of anilines is 2. The van der Waals surface area contributed by atoms with Crippen LogP contribution in [0.2, 0.25) is 0 Å². The van der Waals surface area contributed by atoms with E-state index in [4.69, 9.17) is 5.26 Å². The van der Waals surface area contributed by atoms with Gasteiger partial charge in [-0.2, -0.15) is 10.4 Å². The Morgan fingerprint density at radius 3 is 2.71 bits per heavy atom. The number of carbonyl (C=O) groups excluding carboxylic acids is 2. The smallest absolute Gasteiger partial charge is 0.230 e. The van der Waals surface area contributed by atoms with Crippen LogP contribution in [0.25, 0.3) is 11.1 Å². The zero-order chi connectivity index (χ0) is 19.8. The summed E-state index contributed by atoms with van der Waals surface area (Å²) in [5.41, 5.74) is 3.43. The van der Waals surface area contributed by atoms with Gasteiger partial charge in [-0.3, -0.25) is 14.3 Å². The molecule has 1 unspecified atom stereocenters. The summed E-state index contributed by atoms with van der Waals surface area (Å²) in [6.07, 6.45) is 5.96. The van der Waals surface area contributed by atoms with E-state index in [1.54, 1.807) is 22.7 Å². The maximum atomic E-state index is 12.9. The fraction of sp³-hybridized carbons (Fsp3) is 0.429. The van der Waals surface area contributed by atoms with E-state index in [0.717, 1.165) is 35.3 Å². The van der Waals surface area contributed by atoms with E-state index in [9.17, 15) is 9.59 Å². The van der Waals surface area contributed by atoms with E-state index in [0.29, 0.717) is 19.5 Å². The van der Waals surface area contributed by atoms with Crippen LogP contribution in [0.3, 0.4) is 0 Å². The number of aryl methyl sites for hydroxylation is 1. The van der Waals surface area contributed by atoms with Gasteiger partial charge < -0.3 is 9.80 Å². The van der Waals surface area contributed by atoms with E-state index in [-0.39, 0.29) is 23.8 Å². The van der Waals surface area contributed by atoms with Crippen LogP contribution >= 0.6 is 0 Å². The van der Waals surface area contributed by atoms with Gasteiger partial charge in [0.1, 0.15) is 0 Å². The Bertz CT molecular complexity index is 969. The highest BCUT2D eigenvalue weighted by molar-refractivity contribution is 6.06. The first-order valence-corrected chi connectivity index (χ1v) is 9.64. The molecule has 2 aliphatic rings. The third-order valence-corrected chi connectivity index (χ3v) is 5.36. The second-order valence-corrected chi connectivity index (χ2v) is 7.56. The monoisotopic (exact) mass is 377 g/mol. The number of hydrogen-bond donors (Lipinski definition) is 0. The Morgan fingerprint density at radius 2 is 2.04 bits per heavy atom. The number of hydrogen-bond acceptors (Lipinski definition) is 4. The first kappa shape index (κ1) is 18.2. The van der Waals surface area contributed by atoms with Crippen molar-refractivity contribution in [2.45, 2.75) is 45.7 Å². The minimum Gasteiger partial charge on any atom is -0.308 e. The van der Waals surface area contributed by atoms with Crippen molar-refractivity contribution in [3.63, 3.8) is 0 Å². The molecule has 2 aromatic rings. The van der Waals surface area contributed by atoms with Gasteiger partial charge in [0.25, 0.3) is 0 Å². The standard InChI is InChI=1S/C21H23N5O2/c1-14-12-25(21(28)16-4-5-16)20-10-17(6-7-19(20)26(14)15(2)27)18-11-23-24(13-18)9-3-8-22/h6-7,10-11,13-14,16H,3-5,9,12H2,1-2H3. The highest BCUT2D eigenvalue weighted by atomic mass is 16.2. The van der Waals surface area contributed by atoms with Crippen LogP contribution in [0.4, 0.5) is 11.4 Å². The molecule has 1 aliphatic carbocycles. The molecule has 0 radical (unpaired) electrons. The normalized spacial score (nSPS) is 18.5. The summed E-state index contributed by atoms with van der Waals surface area (Å²) < 4.78 is 1.75. The fourth-order valence-electron chi connectivity index (χ4n) is 3.84. The second kappa shape index (κ2) is 7.12. The van der Waals surface area contributed by atoms with E-state index >= 15 is 0 Å². The third kappa shape index (κ3) is 3.26. The Labute approximate surface area is 164 Å². The van der Waals surface area contributed by atoms with Crippen LogP contribution in [0.5, 0.6) is 0 Å². The van der Waals surface area contributed by atoms with Crippen LogP contribution in [-0.4, -0.2) is 34.2 Å². The van der Waals surface area contributed by atoms with E-state index in [1.165, 1.54) is 0 Å². The molecule has 0 bridgehead atoms. The van der Waals surface area contributed by atoms with Gasteiger partial charge in [-0.05, 0) is 37.5 Å². The molecule has 144 valence electrons. The van der Waals surface area contributed by atoms with Crippen molar-refractivity contribution < 1.29 is 9.59 Å². The molecule has 1 fully saturated rings. The van der Waals surface area contributed by atoms with Crippen molar-refractivity contribution in [2.24, 2.45) is 5.92 Å². The maximum absolute atomic E-state index is 12.9. The molecule has 1 aliphatic heterocycles. The average molecular weight is 377 g/mol. The van der Waals surface area contributed by atoms with Gasteiger partial charge in [-0.25, -0.2) is 0 Å². The van der Waals surface area contributed by atoms with Gasteiger partial charge in [0.15, 0.2) is 0 Å². The first-order chi connectivity index (χ1) is 13.5. The number of fused-ring (bicyclic) bond motifs is 1. The van der Waals surface area contributed by atoms with Crippen molar-refractivity contribution in [1.82, 2.24) is 9.78 Å². The van der Waals surface area contributed by atoms with E-state index in [2.05, 4.69) is 11.2 Å². The molecule has 4 rings (SSSR count). The van der Waals surface area contributed by atoms with E-state index in [1.807, 2.05) is 36.2 Å². The molecular formula is C21H23N5O2. The van der Waals surface area contributed by atoms with Crippen LogP contribution in [0.15, 0.2) is 30.6 Å². The zero-order valence-corrected chi connectivity index (χ0v) is 16.1. The molecule has 2 heterocycles. The van der Waals surface area contributed by atoms with Gasteiger partial charge in [0, 0.05) is 31.1 Å². The maximum Gasteiger partial charge on any atom is 0.230 e. The number of amides is 2. The Hall–Kier alpha value is -3.14. The fourth-order valence-corrected chi connectivity index (χ4v) is 3.84. The minimum absolute atomic E-state index is 0.0238. The lowest BCUT2D eigenvalue weighted by molar-refractivity contribution is -0.120. The number of nitrogens with zero attached hydrogens (tertiary/aromatic N) is 5. The van der Waals surface area contributed by atoms with Crippen molar-refractivity contribution >= 4 is 23.2 Å². The summed E-state index contributed by atoms with van der Waals surface area (Å²) in [4.78, 5) is 28.7. The van der Waals surface area contributed by atoms with Gasteiger partial charge in [-0.1, -0.05) is 6.07 Å². The molecule has 28 heavy (non-hydrogen) atoms. The molecule has 1 aromatic carbocycles. The van der Waals surface area contributed by atoms with Gasteiger partial charge in [-0.15, -0.1) is 0 Å². The van der Waals surface area contributed by atoms with Crippen molar-refractivity contribution in [3.05, 3.63) is 30.6 Å². The average Bonchev–Trinajstić information content (AvgIpc) is 3.42. The van der Waals surface area contributed by atoms with Crippen molar-refractivity contribution in [3.8, 4) is 17.2 Å². The predicted molar refractivity (Wildman–Crippen MR) is 106 cm³/mol. The predicted octanol–water partition coefficient (Wildman–Crippen LogP) is 2.96. The quantitative estimate of drug-likeness (QED) is 0.820. The molecule has 0 N–H and O–H groups in total. The molecule has 1 saturated carbocycles. The third-order valence-electron chi connectivity index (χ3n) is 5.36. The highest BCUT2D eigenvalue weighted by Crippen LogP contribution is 2.41. The number of nitriles is 1. The summed E-state index contributed by atoms with van der Waals surface area (Å²) in [6, 6.07) is 7.91. The minimum atomic E-state index is -0.0627. The molecule has 2 amide bonds. The van der Waals surface area contributed by atoms with Crippen LogP contribution in [-0.2, 0) is 16.1 Å². The molecule has 1 aromatic heterocycles. The Balaban J connectivity index is 1.73. The largest absolute Gasteiger partial charge is 0.308 e. The van der Waals surface area contributed by atoms with Crippen molar-refractivity contribution in [2.75, 3.05) is 16.3 Å². The summed E-state index contributed by atoms with van der Waals surface area (Å²) in [7, 11) is 0. The molecule has 0 saturated heterocycles. The second-order valence-electron chi connectivity index (χ2n) is 7.56. The van der Waals surface area contributed by atoms with Gasteiger partial charge in [0.05, 0.1) is 42.6 Å². The van der Waals surface area contributed by atoms with Crippen LogP contribution in [0.1, 0.15) is 33.1 Å². The van der Waals surface area contributed by atoms with Gasteiger partial charge >= 0.3 is 0 Å². The topological polar surface area (TPSA) is 82.2 Å². The summed E-state index contributed by atoms with van der Waals surface area (Å²) in [5, 5.41) is 13.1.